The fourth-order valence-electron chi connectivity index (χ4n) is 2.68. The highest BCUT2D eigenvalue weighted by molar-refractivity contribution is 7.80. The van der Waals surface area contributed by atoms with Crippen molar-refractivity contribution in [3.8, 4) is 0 Å². The molecule has 0 aliphatic carbocycles. The molecule has 0 saturated carbocycles. The van der Waals surface area contributed by atoms with Crippen molar-refractivity contribution in [1.29, 1.82) is 0 Å². The van der Waals surface area contributed by atoms with Gasteiger partial charge in [-0.3, -0.25) is 14.9 Å². The molecule has 146 valence electrons. The number of rotatable bonds is 8. The molecule has 0 saturated heterocycles. The Hall–Kier alpha value is -3.13. The van der Waals surface area contributed by atoms with E-state index in [1.54, 1.807) is 42.1 Å². The number of aryl methyl sites for hydroxylation is 1. The molecule has 1 heterocycles. The number of nitrogens with zero attached hydrogens (tertiary/aromatic N) is 3. The maximum Gasteiger partial charge on any atom is 0.273 e. The van der Waals surface area contributed by atoms with Gasteiger partial charge >= 0.3 is 0 Å². The molecule has 7 nitrogen and oxygen atoms in total. The van der Waals surface area contributed by atoms with Crippen molar-refractivity contribution in [3.63, 3.8) is 0 Å². The van der Waals surface area contributed by atoms with E-state index in [0.29, 0.717) is 17.1 Å². The molecule has 1 N–H and O–H groups in total. The van der Waals surface area contributed by atoms with Gasteiger partial charge in [0.05, 0.1) is 4.92 Å². The molecular formula is C20H23N4O3S+. The van der Waals surface area contributed by atoms with Crippen LogP contribution in [0.1, 0.15) is 22.0 Å². The number of hydrogen-bond acceptors (Lipinski definition) is 5. The van der Waals surface area contributed by atoms with Crippen LogP contribution in [0.4, 0.5) is 11.4 Å². The van der Waals surface area contributed by atoms with Gasteiger partial charge in [0.1, 0.15) is 0 Å². The fraction of sp³-hybridized carbons (Fsp3) is 0.250. The zero-order valence-corrected chi connectivity index (χ0v) is 16.9. The highest BCUT2D eigenvalue weighted by Gasteiger charge is 2.34. The van der Waals surface area contributed by atoms with E-state index in [0.717, 1.165) is 5.69 Å². The van der Waals surface area contributed by atoms with Crippen molar-refractivity contribution in [2.75, 3.05) is 25.5 Å². The molecule has 2 rings (SSSR count). The second-order valence-electron chi connectivity index (χ2n) is 6.46. The van der Waals surface area contributed by atoms with Gasteiger partial charge in [0.25, 0.3) is 11.7 Å². The minimum absolute atomic E-state index is 0.0949. The van der Waals surface area contributed by atoms with Crippen LogP contribution in [0.15, 0.2) is 55.4 Å². The van der Waals surface area contributed by atoms with E-state index in [9.17, 15) is 14.9 Å². The van der Waals surface area contributed by atoms with E-state index in [-0.39, 0.29) is 17.0 Å². The van der Waals surface area contributed by atoms with E-state index in [4.69, 9.17) is 12.2 Å². The molecule has 8 heteroatoms. The minimum Gasteiger partial charge on any atom is -0.377 e. The third kappa shape index (κ3) is 4.77. The molecule has 1 atom stereocenters. The number of aromatic nitrogens is 1. The van der Waals surface area contributed by atoms with Crippen molar-refractivity contribution >= 4 is 34.4 Å². The summed E-state index contributed by atoms with van der Waals surface area (Å²) in [6, 6.07) is 7.37. The normalized spacial score (nSPS) is 11.4. The summed E-state index contributed by atoms with van der Waals surface area (Å²) in [7, 11) is 3.84. The van der Waals surface area contributed by atoms with Crippen LogP contribution in [0.25, 0.3) is 0 Å². The molecule has 2 aromatic rings. The highest BCUT2D eigenvalue weighted by atomic mass is 32.1. The number of Topliss-reactive ketones (excluding diaryl/α,β-unsaturated/α-hetero) is 1. The summed E-state index contributed by atoms with van der Waals surface area (Å²) in [5.74, 6) is -0.327. The Kier molecular flexibility index (Phi) is 6.94. The van der Waals surface area contributed by atoms with Crippen LogP contribution in [0, 0.1) is 17.0 Å². The average molecular weight is 399 g/mol. The summed E-state index contributed by atoms with van der Waals surface area (Å²) in [5, 5.41) is 14.2. The van der Waals surface area contributed by atoms with Gasteiger partial charge < -0.3 is 10.2 Å². The maximum absolute atomic E-state index is 13.2. The lowest BCUT2D eigenvalue weighted by Crippen LogP contribution is -2.51. The Bertz CT molecular complexity index is 910. The first-order valence-electron chi connectivity index (χ1n) is 8.62. The van der Waals surface area contributed by atoms with E-state index < -0.39 is 11.0 Å². The zero-order valence-electron chi connectivity index (χ0n) is 16.1. The van der Waals surface area contributed by atoms with Gasteiger partial charge in [0, 0.05) is 55.7 Å². The smallest absolute Gasteiger partial charge is 0.273 e. The summed E-state index contributed by atoms with van der Waals surface area (Å²) in [4.78, 5) is 26.3. The number of hydrogen-bond donors (Lipinski definition) is 1. The molecule has 0 bridgehead atoms. The van der Waals surface area contributed by atoms with E-state index in [1.165, 1.54) is 6.07 Å². The number of carbonyl (C=O) groups is 1. The van der Waals surface area contributed by atoms with Gasteiger partial charge in [0.15, 0.2) is 17.4 Å². The van der Waals surface area contributed by atoms with Crippen LogP contribution in [-0.2, 0) is 0 Å². The molecule has 0 fully saturated rings. The predicted octanol–water partition coefficient (Wildman–Crippen LogP) is 2.78. The Morgan fingerprint density at radius 1 is 1.36 bits per heavy atom. The second kappa shape index (κ2) is 9.18. The van der Waals surface area contributed by atoms with Gasteiger partial charge in [0.2, 0.25) is 5.78 Å². The number of carbonyl (C=O) groups excluding carboxylic acids is 1. The summed E-state index contributed by atoms with van der Waals surface area (Å²) in [6.07, 6.45) is 5.18. The first-order chi connectivity index (χ1) is 13.3. The molecule has 1 aromatic carbocycles. The van der Waals surface area contributed by atoms with Crippen molar-refractivity contribution in [3.05, 3.63) is 76.6 Å². The molecule has 0 radical (unpaired) electrons. The Labute approximate surface area is 169 Å². The summed E-state index contributed by atoms with van der Waals surface area (Å²) in [5.41, 5.74) is 1.60. The maximum atomic E-state index is 13.2. The second-order valence-corrected chi connectivity index (χ2v) is 6.90. The SMILES string of the molecule is C=CCNC(=S)[C@@H](C(=O)c1ccc(C)c([N+](=O)[O-])c1)[n+]1ccc(N(C)C)cc1. The molecule has 0 aliphatic heterocycles. The molecule has 1 aromatic heterocycles. The monoisotopic (exact) mass is 399 g/mol. The van der Waals surface area contributed by atoms with Crippen molar-refractivity contribution in [2.45, 2.75) is 13.0 Å². The molecule has 0 spiro atoms. The van der Waals surface area contributed by atoms with Crippen LogP contribution >= 0.6 is 12.2 Å². The van der Waals surface area contributed by atoms with Gasteiger partial charge in [-0.25, -0.2) is 0 Å². The van der Waals surface area contributed by atoms with Crippen LogP contribution in [0.3, 0.4) is 0 Å². The number of benzene rings is 1. The molecular weight excluding hydrogens is 376 g/mol. The fourth-order valence-corrected chi connectivity index (χ4v) is 2.99. The quantitative estimate of drug-likeness (QED) is 0.184. The largest absolute Gasteiger partial charge is 0.377 e. The lowest BCUT2D eigenvalue weighted by atomic mass is 10.0. The van der Waals surface area contributed by atoms with Crippen molar-refractivity contribution in [1.82, 2.24) is 5.32 Å². The van der Waals surface area contributed by atoms with E-state index >= 15 is 0 Å². The summed E-state index contributed by atoms with van der Waals surface area (Å²) in [6.45, 7) is 5.69. The number of anilines is 1. The third-order valence-electron chi connectivity index (χ3n) is 4.26. The minimum atomic E-state index is -0.825. The van der Waals surface area contributed by atoms with Gasteiger partial charge in [-0.05, 0) is 6.92 Å². The number of thiocarbonyl (C=S) groups is 1. The number of nitrogens with one attached hydrogen (secondary N) is 1. The molecule has 0 amide bonds. The van der Waals surface area contributed by atoms with Crippen LogP contribution in [0.5, 0.6) is 0 Å². The number of pyridine rings is 1. The average Bonchev–Trinajstić information content (AvgIpc) is 2.67. The lowest BCUT2D eigenvalue weighted by molar-refractivity contribution is -0.692. The standard InChI is InChI=1S/C20H22N4O3S/c1-5-10-21-20(28)18(23-11-8-16(9-12-23)22(3)4)19(25)15-7-6-14(2)17(13-15)24(26)27/h5-9,11-13,18H,1,10H2,2-4H3/p+1/t18-/m1/s1. The zero-order chi connectivity index (χ0) is 20.8. The Morgan fingerprint density at radius 3 is 2.54 bits per heavy atom. The Morgan fingerprint density at radius 2 is 2.00 bits per heavy atom. The molecule has 0 aliphatic rings. The first-order valence-corrected chi connectivity index (χ1v) is 9.03. The van der Waals surface area contributed by atoms with Crippen molar-refractivity contribution < 1.29 is 14.3 Å². The topological polar surface area (TPSA) is 79.4 Å². The number of nitro benzene ring substituents is 1. The van der Waals surface area contributed by atoms with Gasteiger partial charge in [-0.2, -0.15) is 4.57 Å². The number of ketones is 1. The van der Waals surface area contributed by atoms with Gasteiger partial charge in [-0.15, -0.1) is 6.58 Å². The molecule has 28 heavy (non-hydrogen) atoms. The Balaban J connectivity index is 2.47. The summed E-state index contributed by atoms with van der Waals surface area (Å²) < 4.78 is 1.69. The van der Waals surface area contributed by atoms with Crippen LogP contribution in [0.2, 0.25) is 0 Å². The number of nitro groups is 1. The van der Waals surface area contributed by atoms with E-state index in [2.05, 4.69) is 11.9 Å². The van der Waals surface area contributed by atoms with Crippen LogP contribution < -0.4 is 14.8 Å². The van der Waals surface area contributed by atoms with E-state index in [1.807, 2.05) is 31.1 Å². The highest BCUT2D eigenvalue weighted by Crippen LogP contribution is 2.22. The lowest BCUT2D eigenvalue weighted by Gasteiger charge is -2.16. The predicted molar refractivity (Wildman–Crippen MR) is 113 cm³/mol. The van der Waals surface area contributed by atoms with Crippen molar-refractivity contribution in [2.24, 2.45) is 0 Å². The molecule has 0 unspecified atom stereocenters. The first kappa shape index (κ1) is 21.2. The summed E-state index contributed by atoms with van der Waals surface area (Å²) >= 11 is 5.45. The van der Waals surface area contributed by atoms with Gasteiger partial charge in [-0.1, -0.05) is 30.4 Å². The third-order valence-corrected chi connectivity index (χ3v) is 4.62. The van der Waals surface area contributed by atoms with Crippen LogP contribution in [-0.4, -0.2) is 36.3 Å².